The summed E-state index contributed by atoms with van der Waals surface area (Å²) in [6, 6.07) is 2.99. The maximum Gasteiger partial charge on any atom is 0.259 e. The number of pyridine rings is 1. The SMILES string of the molecule is COc1ccc(C(=O)N2CCCN3CCNC(=O)C3C2)c(OC)n1. The average Bonchev–Trinajstić information content (AvgIpc) is 2.84. The zero-order valence-corrected chi connectivity index (χ0v) is 13.9. The Hall–Kier alpha value is -2.35. The zero-order valence-electron chi connectivity index (χ0n) is 13.9. The van der Waals surface area contributed by atoms with Gasteiger partial charge in [-0.15, -0.1) is 0 Å². The first-order valence-electron chi connectivity index (χ1n) is 8.04. The van der Waals surface area contributed by atoms with Gasteiger partial charge in [-0.2, -0.15) is 4.98 Å². The van der Waals surface area contributed by atoms with Crippen LogP contribution >= 0.6 is 0 Å². The van der Waals surface area contributed by atoms with Crippen molar-refractivity contribution in [3.8, 4) is 11.8 Å². The van der Waals surface area contributed by atoms with E-state index in [1.165, 1.54) is 14.2 Å². The first-order chi connectivity index (χ1) is 11.6. The summed E-state index contributed by atoms with van der Waals surface area (Å²) in [6.07, 6.45) is 0.835. The number of hydrogen-bond donors (Lipinski definition) is 1. The van der Waals surface area contributed by atoms with E-state index in [2.05, 4.69) is 15.2 Å². The third-order valence-electron chi connectivity index (χ3n) is 4.46. The smallest absolute Gasteiger partial charge is 0.259 e. The largest absolute Gasteiger partial charge is 0.481 e. The number of aromatic nitrogens is 1. The van der Waals surface area contributed by atoms with Gasteiger partial charge in [0.15, 0.2) is 0 Å². The molecule has 1 N–H and O–H groups in total. The molecule has 3 rings (SSSR count). The van der Waals surface area contributed by atoms with E-state index in [-0.39, 0.29) is 23.7 Å². The number of hydrogen-bond acceptors (Lipinski definition) is 6. The lowest BCUT2D eigenvalue weighted by Gasteiger charge is -2.34. The van der Waals surface area contributed by atoms with Gasteiger partial charge in [-0.25, -0.2) is 0 Å². The summed E-state index contributed by atoms with van der Waals surface area (Å²) in [5.74, 6) is 0.425. The van der Waals surface area contributed by atoms with Crippen molar-refractivity contribution in [2.45, 2.75) is 12.5 Å². The summed E-state index contributed by atoms with van der Waals surface area (Å²) < 4.78 is 10.3. The molecule has 2 aliphatic heterocycles. The van der Waals surface area contributed by atoms with Gasteiger partial charge >= 0.3 is 0 Å². The maximum atomic E-state index is 12.9. The number of ether oxygens (including phenoxy) is 2. The Bertz CT molecular complexity index is 637. The summed E-state index contributed by atoms with van der Waals surface area (Å²) in [5, 5.41) is 2.87. The molecule has 24 heavy (non-hydrogen) atoms. The van der Waals surface area contributed by atoms with E-state index in [0.29, 0.717) is 31.1 Å². The third-order valence-corrected chi connectivity index (χ3v) is 4.46. The van der Waals surface area contributed by atoms with Gasteiger partial charge in [0.1, 0.15) is 11.6 Å². The van der Waals surface area contributed by atoms with Gasteiger partial charge in [-0.1, -0.05) is 0 Å². The molecule has 1 unspecified atom stereocenters. The molecular weight excluding hydrogens is 312 g/mol. The molecule has 3 heterocycles. The molecule has 0 aromatic carbocycles. The molecule has 2 saturated heterocycles. The predicted molar refractivity (Wildman–Crippen MR) is 86.2 cm³/mol. The number of methoxy groups -OCH3 is 2. The Morgan fingerprint density at radius 3 is 2.83 bits per heavy atom. The molecule has 1 aromatic rings. The number of nitrogens with one attached hydrogen (secondary N) is 1. The van der Waals surface area contributed by atoms with Gasteiger partial charge in [0, 0.05) is 38.8 Å². The molecular formula is C16H22N4O4. The first kappa shape index (κ1) is 16.5. The highest BCUT2D eigenvalue weighted by Gasteiger charge is 2.35. The fraction of sp³-hybridized carbons (Fsp3) is 0.562. The number of carbonyl (C=O) groups is 2. The molecule has 2 aliphatic rings. The Morgan fingerprint density at radius 1 is 1.25 bits per heavy atom. The van der Waals surface area contributed by atoms with Gasteiger partial charge in [0.2, 0.25) is 17.7 Å². The molecule has 2 fully saturated rings. The van der Waals surface area contributed by atoms with E-state index in [4.69, 9.17) is 9.47 Å². The lowest BCUT2D eigenvalue weighted by molar-refractivity contribution is -0.128. The number of rotatable bonds is 3. The van der Waals surface area contributed by atoms with Crippen molar-refractivity contribution in [1.29, 1.82) is 0 Å². The lowest BCUT2D eigenvalue weighted by Crippen LogP contribution is -2.58. The Labute approximate surface area is 140 Å². The number of piperazine rings is 1. The fourth-order valence-electron chi connectivity index (χ4n) is 3.20. The first-order valence-corrected chi connectivity index (χ1v) is 8.04. The van der Waals surface area contributed by atoms with Gasteiger partial charge in [-0.3, -0.25) is 14.5 Å². The quantitative estimate of drug-likeness (QED) is 0.820. The molecule has 0 aliphatic carbocycles. The molecule has 0 spiro atoms. The molecule has 0 radical (unpaired) electrons. The average molecular weight is 334 g/mol. The normalized spacial score (nSPS) is 21.5. The van der Waals surface area contributed by atoms with Crippen molar-refractivity contribution >= 4 is 11.8 Å². The Kier molecular flexibility index (Phi) is 4.84. The van der Waals surface area contributed by atoms with Crippen LogP contribution < -0.4 is 14.8 Å². The van der Waals surface area contributed by atoms with E-state index >= 15 is 0 Å². The summed E-state index contributed by atoms with van der Waals surface area (Å²) in [5.41, 5.74) is 0.378. The molecule has 1 atom stereocenters. The van der Waals surface area contributed by atoms with Crippen LogP contribution in [0.3, 0.4) is 0 Å². The summed E-state index contributed by atoms with van der Waals surface area (Å²) in [7, 11) is 2.98. The van der Waals surface area contributed by atoms with E-state index in [1.54, 1.807) is 17.0 Å². The van der Waals surface area contributed by atoms with Crippen LogP contribution in [0.1, 0.15) is 16.8 Å². The Morgan fingerprint density at radius 2 is 2.08 bits per heavy atom. The highest BCUT2D eigenvalue weighted by molar-refractivity contribution is 5.97. The molecule has 130 valence electrons. The minimum Gasteiger partial charge on any atom is -0.481 e. The van der Waals surface area contributed by atoms with Gasteiger partial charge in [0.05, 0.1) is 14.2 Å². The van der Waals surface area contributed by atoms with E-state index in [0.717, 1.165) is 19.5 Å². The van der Waals surface area contributed by atoms with Gasteiger partial charge in [-0.05, 0) is 12.5 Å². The van der Waals surface area contributed by atoms with E-state index < -0.39 is 0 Å². The van der Waals surface area contributed by atoms with Crippen molar-refractivity contribution in [2.75, 3.05) is 46.9 Å². The van der Waals surface area contributed by atoms with Crippen LogP contribution in [0.15, 0.2) is 12.1 Å². The van der Waals surface area contributed by atoms with Crippen molar-refractivity contribution < 1.29 is 19.1 Å². The minimum absolute atomic E-state index is 0.0132. The van der Waals surface area contributed by atoms with E-state index in [1.807, 2.05) is 0 Å². The standard InChI is InChI=1S/C16H22N4O4/c1-23-13-5-4-11(15(18-13)24-2)16(22)20-8-3-7-19-9-6-17-14(21)12(19)10-20/h4-5,12H,3,6-10H2,1-2H3,(H,17,21). The van der Waals surface area contributed by atoms with Crippen LogP contribution in [0, 0.1) is 0 Å². The van der Waals surface area contributed by atoms with Crippen LogP contribution in [-0.4, -0.2) is 79.6 Å². The topological polar surface area (TPSA) is 84.0 Å². The van der Waals surface area contributed by atoms with Gasteiger partial charge < -0.3 is 19.7 Å². The zero-order chi connectivity index (χ0) is 17.1. The number of amides is 2. The highest BCUT2D eigenvalue weighted by Crippen LogP contribution is 2.23. The Balaban J connectivity index is 1.82. The monoisotopic (exact) mass is 334 g/mol. The van der Waals surface area contributed by atoms with Crippen molar-refractivity contribution in [1.82, 2.24) is 20.1 Å². The maximum absolute atomic E-state index is 12.9. The second kappa shape index (κ2) is 7.04. The third kappa shape index (κ3) is 3.14. The predicted octanol–water partition coefficient (Wildman–Crippen LogP) is -0.255. The van der Waals surface area contributed by atoms with Crippen molar-refractivity contribution in [3.63, 3.8) is 0 Å². The molecule has 0 saturated carbocycles. The summed E-state index contributed by atoms with van der Waals surface area (Å²) in [4.78, 5) is 33.1. The summed E-state index contributed by atoms with van der Waals surface area (Å²) in [6.45, 7) is 3.29. The second-order valence-corrected chi connectivity index (χ2v) is 5.86. The molecule has 2 amide bonds. The highest BCUT2D eigenvalue weighted by atomic mass is 16.5. The van der Waals surface area contributed by atoms with E-state index in [9.17, 15) is 9.59 Å². The van der Waals surface area contributed by atoms with Gasteiger partial charge in [0.25, 0.3) is 5.91 Å². The summed E-state index contributed by atoms with van der Waals surface area (Å²) >= 11 is 0. The molecule has 8 heteroatoms. The van der Waals surface area contributed by atoms with Crippen LogP contribution in [0.25, 0.3) is 0 Å². The van der Waals surface area contributed by atoms with Crippen molar-refractivity contribution in [2.24, 2.45) is 0 Å². The number of carbonyl (C=O) groups excluding carboxylic acids is 2. The number of fused-ring (bicyclic) bond motifs is 1. The molecule has 1 aromatic heterocycles. The number of nitrogens with zero attached hydrogens (tertiary/aromatic N) is 3. The van der Waals surface area contributed by atoms with Crippen LogP contribution in [0.2, 0.25) is 0 Å². The van der Waals surface area contributed by atoms with Crippen LogP contribution in [-0.2, 0) is 4.79 Å². The fourth-order valence-corrected chi connectivity index (χ4v) is 3.20. The van der Waals surface area contributed by atoms with Crippen LogP contribution in [0.4, 0.5) is 0 Å². The second-order valence-electron chi connectivity index (χ2n) is 5.86. The lowest BCUT2D eigenvalue weighted by atomic mass is 10.1. The minimum atomic E-state index is -0.289. The van der Waals surface area contributed by atoms with Crippen LogP contribution in [0.5, 0.6) is 11.8 Å². The van der Waals surface area contributed by atoms with Crippen molar-refractivity contribution in [3.05, 3.63) is 17.7 Å². The molecule has 8 nitrogen and oxygen atoms in total. The molecule has 0 bridgehead atoms.